The zero-order valence-corrected chi connectivity index (χ0v) is 11.7. The van der Waals surface area contributed by atoms with Gasteiger partial charge in [0.25, 0.3) is 0 Å². The maximum Gasteiger partial charge on any atom is 0.183 e. The molecule has 3 nitrogen and oxygen atoms in total. The van der Waals surface area contributed by atoms with Crippen LogP contribution in [0.15, 0.2) is 18.2 Å². The standard InChI is InChI=1S/C14H18FN3S/c15-11-4-5-13-12(10-11)17-14(19-13)16-6-9-18-7-2-1-3-8-18/h4-5,10H,1-3,6-9H2,(H,16,17). The zero-order chi connectivity index (χ0) is 13.1. The molecule has 0 saturated carbocycles. The zero-order valence-electron chi connectivity index (χ0n) is 10.9. The van der Waals surface area contributed by atoms with Crippen LogP contribution in [0.3, 0.4) is 0 Å². The van der Waals surface area contributed by atoms with Crippen molar-refractivity contribution in [2.24, 2.45) is 0 Å². The van der Waals surface area contributed by atoms with E-state index in [0.29, 0.717) is 0 Å². The number of fused-ring (bicyclic) bond motifs is 1. The fraction of sp³-hybridized carbons (Fsp3) is 0.500. The Morgan fingerprint density at radius 2 is 2.11 bits per heavy atom. The molecule has 1 N–H and O–H groups in total. The normalized spacial score (nSPS) is 16.9. The summed E-state index contributed by atoms with van der Waals surface area (Å²) in [5.41, 5.74) is 0.741. The summed E-state index contributed by atoms with van der Waals surface area (Å²) >= 11 is 1.59. The maximum absolute atomic E-state index is 13.1. The second-order valence-corrected chi connectivity index (χ2v) is 5.99. The van der Waals surface area contributed by atoms with Crippen molar-refractivity contribution >= 4 is 26.7 Å². The Hall–Kier alpha value is -1.20. The van der Waals surface area contributed by atoms with Crippen LogP contribution in [-0.2, 0) is 0 Å². The molecule has 1 aromatic heterocycles. The topological polar surface area (TPSA) is 28.2 Å². The van der Waals surface area contributed by atoms with Gasteiger partial charge in [0.05, 0.1) is 10.2 Å². The van der Waals surface area contributed by atoms with E-state index in [0.717, 1.165) is 28.4 Å². The lowest BCUT2D eigenvalue weighted by Crippen LogP contribution is -2.33. The fourth-order valence-electron chi connectivity index (χ4n) is 2.48. The first kappa shape index (κ1) is 12.8. The summed E-state index contributed by atoms with van der Waals surface area (Å²) in [5.74, 6) is -0.224. The van der Waals surface area contributed by atoms with Gasteiger partial charge in [-0.05, 0) is 38.1 Å². The number of benzene rings is 1. The summed E-state index contributed by atoms with van der Waals surface area (Å²) in [6.07, 6.45) is 4.01. The highest BCUT2D eigenvalue weighted by molar-refractivity contribution is 7.22. The SMILES string of the molecule is Fc1ccc2sc(NCCN3CCCCC3)nc2c1. The van der Waals surface area contributed by atoms with Crippen LogP contribution in [0.1, 0.15) is 19.3 Å². The highest BCUT2D eigenvalue weighted by atomic mass is 32.1. The third-order valence-electron chi connectivity index (χ3n) is 3.50. The molecule has 102 valence electrons. The summed E-state index contributed by atoms with van der Waals surface area (Å²) in [4.78, 5) is 6.89. The van der Waals surface area contributed by atoms with Crippen LogP contribution in [0, 0.1) is 5.82 Å². The average Bonchev–Trinajstić information content (AvgIpc) is 2.82. The molecule has 0 amide bonds. The number of anilines is 1. The number of nitrogens with one attached hydrogen (secondary N) is 1. The van der Waals surface area contributed by atoms with Crippen LogP contribution >= 0.6 is 11.3 Å². The van der Waals surface area contributed by atoms with Crippen molar-refractivity contribution in [3.63, 3.8) is 0 Å². The van der Waals surface area contributed by atoms with Gasteiger partial charge < -0.3 is 10.2 Å². The molecule has 0 spiro atoms. The first-order valence-corrected chi connectivity index (χ1v) is 7.65. The van der Waals surface area contributed by atoms with E-state index in [1.165, 1.54) is 44.5 Å². The lowest BCUT2D eigenvalue weighted by atomic mass is 10.1. The van der Waals surface area contributed by atoms with Crippen LogP contribution in [-0.4, -0.2) is 36.1 Å². The van der Waals surface area contributed by atoms with E-state index in [1.54, 1.807) is 17.4 Å². The molecule has 0 aliphatic carbocycles. The van der Waals surface area contributed by atoms with Gasteiger partial charge in [-0.25, -0.2) is 9.37 Å². The highest BCUT2D eigenvalue weighted by Gasteiger charge is 2.09. The molecule has 0 atom stereocenters. The predicted octanol–water partition coefficient (Wildman–Crippen LogP) is 3.33. The lowest BCUT2D eigenvalue weighted by Gasteiger charge is -2.26. The number of aromatic nitrogens is 1. The van der Waals surface area contributed by atoms with Gasteiger partial charge in [0.2, 0.25) is 0 Å². The van der Waals surface area contributed by atoms with Gasteiger partial charge in [-0.1, -0.05) is 17.8 Å². The minimum Gasteiger partial charge on any atom is -0.360 e. The van der Waals surface area contributed by atoms with Crippen molar-refractivity contribution in [2.75, 3.05) is 31.5 Å². The first-order chi connectivity index (χ1) is 9.31. The summed E-state index contributed by atoms with van der Waals surface area (Å²) in [7, 11) is 0. The molecule has 2 aromatic rings. The second kappa shape index (κ2) is 5.84. The van der Waals surface area contributed by atoms with Gasteiger partial charge in [-0.2, -0.15) is 0 Å². The molecular formula is C14H18FN3S. The minimum absolute atomic E-state index is 0.224. The molecule has 3 rings (SSSR count). The Morgan fingerprint density at radius 3 is 2.95 bits per heavy atom. The Kier molecular flexibility index (Phi) is 3.94. The minimum atomic E-state index is -0.224. The Morgan fingerprint density at radius 1 is 1.26 bits per heavy atom. The number of likely N-dealkylation sites (tertiary alicyclic amines) is 1. The van der Waals surface area contributed by atoms with Gasteiger partial charge in [0, 0.05) is 19.2 Å². The highest BCUT2D eigenvalue weighted by Crippen LogP contribution is 2.26. The third kappa shape index (κ3) is 3.22. The van der Waals surface area contributed by atoms with Crippen molar-refractivity contribution in [1.82, 2.24) is 9.88 Å². The molecule has 0 unspecified atom stereocenters. The molecule has 1 aliphatic heterocycles. The summed E-state index contributed by atoms with van der Waals surface area (Å²) in [5, 5.41) is 4.23. The number of halogens is 1. The van der Waals surface area contributed by atoms with E-state index in [1.807, 2.05) is 0 Å². The third-order valence-corrected chi connectivity index (χ3v) is 4.50. The Labute approximate surface area is 116 Å². The fourth-order valence-corrected chi connectivity index (χ4v) is 3.35. The monoisotopic (exact) mass is 279 g/mol. The van der Waals surface area contributed by atoms with Crippen molar-refractivity contribution < 1.29 is 4.39 Å². The Bertz CT molecular complexity index is 549. The maximum atomic E-state index is 13.1. The molecule has 0 radical (unpaired) electrons. The second-order valence-electron chi connectivity index (χ2n) is 4.96. The molecule has 1 aliphatic rings. The van der Waals surface area contributed by atoms with Crippen LogP contribution < -0.4 is 5.32 Å². The van der Waals surface area contributed by atoms with Crippen LogP contribution in [0.4, 0.5) is 9.52 Å². The smallest absolute Gasteiger partial charge is 0.183 e. The largest absolute Gasteiger partial charge is 0.360 e. The van der Waals surface area contributed by atoms with E-state index in [2.05, 4.69) is 15.2 Å². The van der Waals surface area contributed by atoms with E-state index in [-0.39, 0.29) is 5.82 Å². The molecule has 2 heterocycles. The number of rotatable bonds is 4. The predicted molar refractivity (Wildman–Crippen MR) is 78.4 cm³/mol. The van der Waals surface area contributed by atoms with Crippen molar-refractivity contribution in [3.8, 4) is 0 Å². The quantitative estimate of drug-likeness (QED) is 0.930. The van der Waals surface area contributed by atoms with Crippen molar-refractivity contribution in [2.45, 2.75) is 19.3 Å². The van der Waals surface area contributed by atoms with E-state index in [4.69, 9.17) is 0 Å². The van der Waals surface area contributed by atoms with Gasteiger partial charge in [-0.3, -0.25) is 0 Å². The number of hydrogen-bond acceptors (Lipinski definition) is 4. The number of piperidine rings is 1. The first-order valence-electron chi connectivity index (χ1n) is 6.83. The molecule has 1 fully saturated rings. The molecule has 0 bridgehead atoms. The van der Waals surface area contributed by atoms with Gasteiger partial charge in [-0.15, -0.1) is 0 Å². The van der Waals surface area contributed by atoms with E-state index in [9.17, 15) is 4.39 Å². The molecule has 1 aromatic carbocycles. The van der Waals surface area contributed by atoms with Gasteiger partial charge >= 0.3 is 0 Å². The van der Waals surface area contributed by atoms with Crippen LogP contribution in [0.2, 0.25) is 0 Å². The van der Waals surface area contributed by atoms with Crippen LogP contribution in [0.25, 0.3) is 10.2 Å². The molecule has 19 heavy (non-hydrogen) atoms. The molecular weight excluding hydrogens is 261 g/mol. The summed E-state index contributed by atoms with van der Waals surface area (Å²) < 4.78 is 14.1. The molecule has 1 saturated heterocycles. The number of nitrogens with zero attached hydrogens (tertiary/aromatic N) is 2. The lowest BCUT2D eigenvalue weighted by molar-refractivity contribution is 0.237. The van der Waals surface area contributed by atoms with Crippen LogP contribution in [0.5, 0.6) is 0 Å². The number of thiazole rings is 1. The van der Waals surface area contributed by atoms with Gasteiger partial charge in [0.15, 0.2) is 5.13 Å². The Balaban J connectivity index is 1.56. The van der Waals surface area contributed by atoms with E-state index >= 15 is 0 Å². The summed E-state index contributed by atoms with van der Waals surface area (Å²) in [6.45, 7) is 4.39. The van der Waals surface area contributed by atoms with Gasteiger partial charge in [0.1, 0.15) is 5.82 Å². The van der Waals surface area contributed by atoms with E-state index < -0.39 is 0 Å². The average molecular weight is 279 g/mol. The number of hydrogen-bond donors (Lipinski definition) is 1. The van der Waals surface area contributed by atoms with Crippen molar-refractivity contribution in [3.05, 3.63) is 24.0 Å². The summed E-state index contributed by atoms with van der Waals surface area (Å²) in [6, 6.07) is 4.76. The molecule has 5 heteroatoms. The van der Waals surface area contributed by atoms with Crippen molar-refractivity contribution in [1.29, 1.82) is 0 Å².